The first-order valence-electron chi connectivity index (χ1n) is 4.91. The number of pyridine rings is 1. The Kier molecular flexibility index (Phi) is 2.96. The molecule has 80 valence electrons. The summed E-state index contributed by atoms with van der Waals surface area (Å²) in [5.41, 5.74) is 2.18. The topological polar surface area (TPSA) is 39.2 Å². The summed E-state index contributed by atoms with van der Waals surface area (Å²) in [6, 6.07) is 13.2. The summed E-state index contributed by atoms with van der Waals surface area (Å²) in [4.78, 5) is 15.0. The molecule has 0 fully saturated rings. The van der Waals surface area contributed by atoms with E-state index in [1.54, 1.807) is 6.07 Å². The first-order valence-corrected chi connectivity index (χ1v) is 4.91. The lowest BCUT2D eigenvalue weighted by Gasteiger charge is -2.05. The van der Waals surface area contributed by atoms with Gasteiger partial charge in [-0.1, -0.05) is 30.3 Å². The van der Waals surface area contributed by atoms with Gasteiger partial charge in [-0.3, -0.25) is 4.79 Å². The van der Waals surface area contributed by atoms with Gasteiger partial charge in [0.1, 0.15) is 5.69 Å². The zero-order chi connectivity index (χ0) is 11.4. The second kappa shape index (κ2) is 4.57. The lowest BCUT2D eigenvalue weighted by atomic mass is 10.0. The molecule has 0 radical (unpaired) electrons. The van der Waals surface area contributed by atoms with Gasteiger partial charge in [0.2, 0.25) is 5.88 Å². The number of aldehydes is 1. The monoisotopic (exact) mass is 213 g/mol. The summed E-state index contributed by atoms with van der Waals surface area (Å²) in [5.74, 6) is 0.446. The maximum atomic E-state index is 11.0. The van der Waals surface area contributed by atoms with Gasteiger partial charge < -0.3 is 4.74 Å². The van der Waals surface area contributed by atoms with Gasteiger partial charge in [0.15, 0.2) is 6.29 Å². The van der Waals surface area contributed by atoms with Crippen LogP contribution in [0.4, 0.5) is 0 Å². The van der Waals surface area contributed by atoms with Crippen LogP contribution in [-0.2, 0) is 0 Å². The molecule has 1 aromatic carbocycles. The van der Waals surface area contributed by atoms with E-state index in [-0.39, 0.29) is 0 Å². The lowest BCUT2D eigenvalue weighted by molar-refractivity contribution is 0.111. The molecular formula is C13H11NO2. The molecule has 2 aromatic rings. The van der Waals surface area contributed by atoms with Crippen LogP contribution in [0.2, 0.25) is 0 Å². The van der Waals surface area contributed by atoms with Gasteiger partial charge in [-0.05, 0) is 11.6 Å². The van der Waals surface area contributed by atoms with Crippen LogP contribution < -0.4 is 4.74 Å². The fourth-order valence-electron chi connectivity index (χ4n) is 1.52. The van der Waals surface area contributed by atoms with Crippen LogP contribution in [0, 0.1) is 0 Å². The minimum Gasteiger partial charge on any atom is -0.481 e. The second-order valence-electron chi connectivity index (χ2n) is 3.27. The molecule has 0 aliphatic rings. The van der Waals surface area contributed by atoms with Crippen molar-refractivity contribution >= 4 is 6.29 Å². The number of ether oxygens (including phenoxy) is 1. The van der Waals surface area contributed by atoms with Crippen LogP contribution in [0.1, 0.15) is 10.5 Å². The normalized spacial score (nSPS) is 9.81. The third-order valence-corrected chi connectivity index (χ3v) is 2.30. The van der Waals surface area contributed by atoms with Crippen molar-refractivity contribution in [1.82, 2.24) is 4.98 Å². The highest BCUT2D eigenvalue weighted by Crippen LogP contribution is 2.23. The van der Waals surface area contributed by atoms with Gasteiger partial charge in [-0.15, -0.1) is 0 Å². The lowest BCUT2D eigenvalue weighted by Crippen LogP contribution is -1.95. The van der Waals surface area contributed by atoms with Crippen LogP contribution >= 0.6 is 0 Å². The van der Waals surface area contributed by atoms with E-state index in [0.29, 0.717) is 11.6 Å². The quantitative estimate of drug-likeness (QED) is 0.735. The van der Waals surface area contributed by atoms with Crippen molar-refractivity contribution in [3.8, 4) is 17.0 Å². The molecule has 2 rings (SSSR count). The Balaban J connectivity index is 2.53. The van der Waals surface area contributed by atoms with Gasteiger partial charge in [-0.2, -0.15) is 0 Å². The van der Waals surface area contributed by atoms with Crippen molar-refractivity contribution in [2.45, 2.75) is 0 Å². The van der Waals surface area contributed by atoms with E-state index in [0.717, 1.165) is 17.4 Å². The summed E-state index contributed by atoms with van der Waals surface area (Å²) < 4.78 is 4.98. The molecule has 1 heterocycles. The third-order valence-electron chi connectivity index (χ3n) is 2.30. The fourth-order valence-corrected chi connectivity index (χ4v) is 1.52. The number of rotatable bonds is 3. The van der Waals surface area contributed by atoms with Crippen LogP contribution in [0.15, 0.2) is 42.5 Å². The Morgan fingerprint density at radius 2 is 1.88 bits per heavy atom. The molecule has 0 spiro atoms. The number of carbonyl (C=O) groups excluding carboxylic acids is 1. The number of nitrogens with zero attached hydrogens (tertiary/aromatic N) is 1. The standard InChI is InChI=1S/C13H11NO2/c1-16-13-8-7-11(12(9-15)14-13)10-5-3-2-4-6-10/h2-9H,1H3. The average Bonchev–Trinajstić information content (AvgIpc) is 2.39. The maximum absolute atomic E-state index is 11.0. The highest BCUT2D eigenvalue weighted by atomic mass is 16.5. The molecule has 0 bridgehead atoms. The Hall–Kier alpha value is -2.16. The molecule has 0 aliphatic carbocycles. The second-order valence-corrected chi connectivity index (χ2v) is 3.27. The number of methoxy groups -OCH3 is 1. The van der Waals surface area contributed by atoms with E-state index in [1.807, 2.05) is 36.4 Å². The largest absolute Gasteiger partial charge is 0.481 e. The highest BCUT2D eigenvalue weighted by molar-refractivity contribution is 5.85. The van der Waals surface area contributed by atoms with E-state index >= 15 is 0 Å². The number of hydrogen-bond acceptors (Lipinski definition) is 3. The molecule has 0 amide bonds. The van der Waals surface area contributed by atoms with Gasteiger partial charge in [-0.25, -0.2) is 4.98 Å². The van der Waals surface area contributed by atoms with Crippen LogP contribution in [0.25, 0.3) is 11.1 Å². The predicted octanol–water partition coefficient (Wildman–Crippen LogP) is 2.57. The molecule has 0 unspecified atom stereocenters. The predicted molar refractivity (Wildman–Crippen MR) is 61.6 cm³/mol. The fraction of sp³-hybridized carbons (Fsp3) is 0.0769. The van der Waals surface area contributed by atoms with Gasteiger partial charge in [0.05, 0.1) is 7.11 Å². The Morgan fingerprint density at radius 1 is 1.12 bits per heavy atom. The molecule has 0 saturated carbocycles. The van der Waals surface area contributed by atoms with Gasteiger partial charge in [0.25, 0.3) is 0 Å². The summed E-state index contributed by atoms with van der Waals surface area (Å²) >= 11 is 0. The Bertz CT molecular complexity index is 495. The minimum absolute atomic E-state index is 0.394. The number of hydrogen-bond donors (Lipinski definition) is 0. The minimum atomic E-state index is 0.394. The Labute approximate surface area is 93.7 Å². The molecule has 3 nitrogen and oxygen atoms in total. The van der Waals surface area contributed by atoms with Crippen LogP contribution in [0.3, 0.4) is 0 Å². The molecular weight excluding hydrogens is 202 g/mol. The summed E-state index contributed by atoms with van der Waals surface area (Å²) in [7, 11) is 1.53. The summed E-state index contributed by atoms with van der Waals surface area (Å²) in [6.45, 7) is 0. The molecule has 0 saturated heterocycles. The van der Waals surface area contributed by atoms with E-state index in [2.05, 4.69) is 4.98 Å². The molecule has 1 aromatic heterocycles. The van der Waals surface area contributed by atoms with Crippen LogP contribution in [0.5, 0.6) is 5.88 Å². The summed E-state index contributed by atoms with van der Waals surface area (Å²) in [5, 5.41) is 0. The van der Waals surface area contributed by atoms with E-state index in [9.17, 15) is 4.79 Å². The van der Waals surface area contributed by atoms with Crippen molar-refractivity contribution < 1.29 is 9.53 Å². The van der Waals surface area contributed by atoms with Crippen molar-refractivity contribution in [2.24, 2.45) is 0 Å². The summed E-state index contributed by atoms with van der Waals surface area (Å²) in [6.07, 6.45) is 0.741. The molecule has 3 heteroatoms. The van der Waals surface area contributed by atoms with Gasteiger partial charge in [0, 0.05) is 11.6 Å². The molecule has 0 aliphatic heterocycles. The Morgan fingerprint density at radius 3 is 2.50 bits per heavy atom. The SMILES string of the molecule is COc1ccc(-c2ccccc2)c(C=O)n1. The first-order chi connectivity index (χ1) is 7.85. The van der Waals surface area contributed by atoms with Crippen molar-refractivity contribution in [1.29, 1.82) is 0 Å². The smallest absolute Gasteiger partial charge is 0.213 e. The van der Waals surface area contributed by atoms with Crippen LogP contribution in [-0.4, -0.2) is 18.4 Å². The van der Waals surface area contributed by atoms with Crippen molar-refractivity contribution in [3.05, 3.63) is 48.2 Å². The molecule has 0 atom stereocenters. The van der Waals surface area contributed by atoms with E-state index in [1.165, 1.54) is 7.11 Å². The number of benzene rings is 1. The van der Waals surface area contributed by atoms with E-state index < -0.39 is 0 Å². The van der Waals surface area contributed by atoms with E-state index in [4.69, 9.17) is 4.74 Å². The van der Waals surface area contributed by atoms with Crippen molar-refractivity contribution in [2.75, 3.05) is 7.11 Å². The number of carbonyl (C=O) groups is 1. The van der Waals surface area contributed by atoms with Gasteiger partial charge >= 0.3 is 0 Å². The average molecular weight is 213 g/mol. The highest BCUT2D eigenvalue weighted by Gasteiger charge is 2.06. The maximum Gasteiger partial charge on any atom is 0.213 e. The molecule has 16 heavy (non-hydrogen) atoms. The molecule has 0 N–H and O–H groups in total. The zero-order valence-corrected chi connectivity index (χ0v) is 8.88. The third kappa shape index (κ3) is 1.93. The zero-order valence-electron chi connectivity index (χ0n) is 8.88. The number of aromatic nitrogens is 1. The first kappa shape index (κ1) is 10.4. The van der Waals surface area contributed by atoms with Crippen molar-refractivity contribution in [3.63, 3.8) is 0 Å².